The first kappa shape index (κ1) is 13.1. The minimum atomic E-state index is -1.30. The van der Waals surface area contributed by atoms with Crippen LogP contribution in [-0.4, -0.2) is 29.4 Å². The number of nitrogens with one attached hydrogen (secondary N) is 2. The number of carboxylic acid groups (broad SMARTS) is 1. The Bertz CT molecular complexity index is 606. The SMILES string of the molecule is [NH3+]CC(=O)N[C@H](Cc1c[nH]c2ccccc12)C(=O)[O-]. The Morgan fingerprint density at radius 1 is 1.37 bits per heavy atom. The number of fused-ring (bicyclic) bond motifs is 1. The van der Waals surface area contributed by atoms with Gasteiger partial charge in [-0.1, -0.05) is 18.2 Å². The number of hydrogen-bond donors (Lipinski definition) is 3. The highest BCUT2D eigenvalue weighted by atomic mass is 16.4. The van der Waals surface area contributed by atoms with Gasteiger partial charge >= 0.3 is 0 Å². The molecule has 1 heterocycles. The van der Waals surface area contributed by atoms with Gasteiger partial charge in [0.1, 0.15) is 0 Å². The molecule has 0 spiro atoms. The van der Waals surface area contributed by atoms with Crippen LogP contribution in [-0.2, 0) is 16.0 Å². The zero-order valence-electron chi connectivity index (χ0n) is 10.3. The van der Waals surface area contributed by atoms with E-state index in [4.69, 9.17) is 0 Å². The van der Waals surface area contributed by atoms with Crippen molar-refractivity contribution in [3.63, 3.8) is 0 Å². The maximum absolute atomic E-state index is 11.2. The number of carboxylic acids is 1. The van der Waals surface area contributed by atoms with Gasteiger partial charge in [-0.2, -0.15) is 0 Å². The molecular weight excluding hydrogens is 246 g/mol. The number of para-hydroxylation sites is 1. The molecule has 1 aromatic carbocycles. The van der Waals surface area contributed by atoms with E-state index in [1.54, 1.807) is 6.20 Å². The van der Waals surface area contributed by atoms with Crippen molar-refractivity contribution in [1.29, 1.82) is 0 Å². The van der Waals surface area contributed by atoms with Gasteiger partial charge in [-0.05, 0) is 11.6 Å². The summed E-state index contributed by atoms with van der Waals surface area (Å²) in [6.07, 6.45) is 1.93. The highest BCUT2D eigenvalue weighted by molar-refractivity contribution is 5.86. The summed E-state index contributed by atoms with van der Waals surface area (Å²) in [7, 11) is 0. The monoisotopic (exact) mass is 261 g/mol. The van der Waals surface area contributed by atoms with Crippen molar-refractivity contribution < 1.29 is 20.4 Å². The third kappa shape index (κ3) is 2.92. The third-order valence-electron chi connectivity index (χ3n) is 2.95. The summed E-state index contributed by atoms with van der Waals surface area (Å²) in [6, 6.07) is 6.53. The summed E-state index contributed by atoms with van der Waals surface area (Å²) in [4.78, 5) is 25.4. The number of aromatic amines is 1. The standard InChI is InChI=1S/C13H15N3O3/c14-6-12(17)16-11(13(18)19)5-8-7-15-10-4-2-1-3-9(8)10/h1-4,7,11,15H,5-6,14H2,(H,16,17)(H,18,19)/t11-/m1/s1. The van der Waals surface area contributed by atoms with E-state index in [0.717, 1.165) is 16.5 Å². The van der Waals surface area contributed by atoms with Crippen LogP contribution in [0.2, 0.25) is 0 Å². The van der Waals surface area contributed by atoms with E-state index < -0.39 is 17.9 Å². The molecule has 19 heavy (non-hydrogen) atoms. The molecule has 1 amide bonds. The predicted octanol–water partition coefficient (Wildman–Crippen LogP) is -1.81. The summed E-state index contributed by atoms with van der Waals surface area (Å²) in [5, 5.41) is 14.4. The molecule has 6 nitrogen and oxygen atoms in total. The largest absolute Gasteiger partial charge is 0.548 e. The van der Waals surface area contributed by atoms with Crippen LogP contribution in [0.5, 0.6) is 0 Å². The summed E-state index contributed by atoms with van der Waals surface area (Å²) in [5.74, 6) is -1.71. The summed E-state index contributed by atoms with van der Waals surface area (Å²) >= 11 is 0. The van der Waals surface area contributed by atoms with Crippen LogP contribution in [0.1, 0.15) is 5.56 Å². The Morgan fingerprint density at radius 2 is 2.11 bits per heavy atom. The van der Waals surface area contributed by atoms with Crippen molar-refractivity contribution in [3.05, 3.63) is 36.0 Å². The number of carbonyl (C=O) groups is 2. The minimum Gasteiger partial charge on any atom is -0.548 e. The van der Waals surface area contributed by atoms with E-state index >= 15 is 0 Å². The molecule has 0 aliphatic rings. The number of rotatable bonds is 5. The van der Waals surface area contributed by atoms with Gasteiger partial charge in [0.05, 0.1) is 12.0 Å². The van der Waals surface area contributed by atoms with Gasteiger partial charge in [0, 0.05) is 23.5 Å². The Labute approximate surface area is 109 Å². The van der Waals surface area contributed by atoms with E-state index in [-0.39, 0.29) is 13.0 Å². The van der Waals surface area contributed by atoms with E-state index in [1.165, 1.54) is 0 Å². The number of benzene rings is 1. The van der Waals surface area contributed by atoms with Crippen molar-refractivity contribution in [2.75, 3.05) is 6.54 Å². The molecule has 0 bridgehead atoms. The molecule has 2 rings (SSSR count). The fourth-order valence-corrected chi connectivity index (χ4v) is 1.98. The lowest BCUT2D eigenvalue weighted by atomic mass is 10.1. The first-order chi connectivity index (χ1) is 9.11. The number of quaternary nitrogens is 1. The molecule has 2 aromatic rings. The van der Waals surface area contributed by atoms with Crippen LogP contribution in [0.25, 0.3) is 10.9 Å². The van der Waals surface area contributed by atoms with Crippen molar-refractivity contribution >= 4 is 22.8 Å². The molecule has 0 radical (unpaired) electrons. The van der Waals surface area contributed by atoms with E-state index in [2.05, 4.69) is 16.0 Å². The molecular formula is C13H15N3O3. The molecule has 0 aliphatic carbocycles. The fourth-order valence-electron chi connectivity index (χ4n) is 1.98. The van der Waals surface area contributed by atoms with Crippen LogP contribution >= 0.6 is 0 Å². The van der Waals surface area contributed by atoms with Gasteiger partial charge in [-0.25, -0.2) is 0 Å². The summed E-state index contributed by atoms with van der Waals surface area (Å²) in [6.45, 7) is -0.00232. The second kappa shape index (κ2) is 5.53. The number of hydrogen-bond acceptors (Lipinski definition) is 3. The van der Waals surface area contributed by atoms with Crippen molar-refractivity contribution in [1.82, 2.24) is 10.3 Å². The fraction of sp³-hybridized carbons (Fsp3) is 0.231. The molecule has 0 saturated carbocycles. The van der Waals surface area contributed by atoms with Gasteiger partial charge in [-0.15, -0.1) is 0 Å². The van der Waals surface area contributed by atoms with Crippen LogP contribution in [0.3, 0.4) is 0 Å². The quantitative estimate of drug-likeness (QED) is 0.589. The van der Waals surface area contributed by atoms with E-state index in [0.29, 0.717) is 0 Å². The van der Waals surface area contributed by atoms with Crippen LogP contribution < -0.4 is 16.2 Å². The molecule has 6 heteroatoms. The number of carbonyl (C=O) groups excluding carboxylic acids is 2. The lowest BCUT2D eigenvalue weighted by molar-refractivity contribution is -0.355. The van der Waals surface area contributed by atoms with Crippen molar-refractivity contribution in [3.8, 4) is 0 Å². The summed E-state index contributed by atoms with van der Waals surface area (Å²) in [5.41, 5.74) is 5.17. The molecule has 0 fully saturated rings. The molecule has 5 N–H and O–H groups in total. The molecule has 1 atom stereocenters. The molecule has 0 unspecified atom stereocenters. The maximum atomic E-state index is 11.2. The van der Waals surface area contributed by atoms with E-state index in [9.17, 15) is 14.7 Å². The van der Waals surface area contributed by atoms with E-state index in [1.807, 2.05) is 24.3 Å². The lowest BCUT2D eigenvalue weighted by Crippen LogP contribution is -2.60. The normalized spacial score (nSPS) is 12.3. The Balaban J connectivity index is 2.21. The predicted molar refractivity (Wildman–Crippen MR) is 66.7 cm³/mol. The molecule has 0 aliphatic heterocycles. The second-order valence-electron chi connectivity index (χ2n) is 4.25. The molecule has 1 aromatic heterocycles. The smallest absolute Gasteiger partial charge is 0.275 e. The zero-order chi connectivity index (χ0) is 13.8. The van der Waals surface area contributed by atoms with Crippen molar-refractivity contribution in [2.24, 2.45) is 0 Å². The maximum Gasteiger partial charge on any atom is 0.275 e. The third-order valence-corrected chi connectivity index (χ3v) is 2.95. The lowest BCUT2D eigenvalue weighted by Gasteiger charge is -2.18. The Hall–Kier alpha value is -2.34. The van der Waals surface area contributed by atoms with Crippen LogP contribution in [0.4, 0.5) is 0 Å². The van der Waals surface area contributed by atoms with Gasteiger partial charge in [0.2, 0.25) is 0 Å². The van der Waals surface area contributed by atoms with Gasteiger partial charge < -0.3 is 25.9 Å². The van der Waals surface area contributed by atoms with Crippen LogP contribution in [0, 0.1) is 0 Å². The number of amides is 1. The molecule has 0 saturated heterocycles. The second-order valence-corrected chi connectivity index (χ2v) is 4.25. The van der Waals surface area contributed by atoms with Gasteiger partial charge in [0.25, 0.3) is 5.91 Å². The highest BCUT2D eigenvalue weighted by Crippen LogP contribution is 2.18. The first-order valence-electron chi connectivity index (χ1n) is 5.96. The highest BCUT2D eigenvalue weighted by Gasteiger charge is 2.16. The Morgan fingerprint density at radius 3 is 2.79 bits per heavy atom. The summed E-state index contributed by atoms with van der Waals surface area (Å²) < 4.78 is 0. The molecule has 100 valence electrons. The van der Waals surface area contributed by atoms with Gasteiger partial charge in [-0.3, -0.25) is 4.79 Å². The zero-order valence-corrected chi connectivity index (χ0v) is 10.3. The minimum absolute atomic E-state index is 0.00232. The number of aromatic nitrogens is 1. The Kier molecular flexibility index (Phi) is 3.82. The van der Waals surface area contributed by atoms with Crippen molar-refractivity contribution in [2.45, 2.75) is 12.5 Å². The average molecular weight is 261 g/mol. The number of aliphatic carboxylic acids is 1. The first-order valence-corrected chi connectivity index (χ1v) is 5.96. The average Bonchev–Trinajstić information content (AvgIpc) is 2.81. The van der Waals surface area contributed by atoms with Crippen LogP contribution in [0.15, 0.2) is 30.5 Å². The topological polar surface area (TPSA) is 113 Å². The number of H-pyrrole nitrogens is 1. The van der Waals surface area contributed by atoms with Gasteiger partial charge in [0.15, 0.2) is 6.54 Å².